The number of hydrogen-bond acceptors (Lipinski definition) is 6. The first kappa shape index (κ1) is 18.8. The fourth-order valence-corrected chi connectivity index (χ4v) is 4.76. The molecule has 3 heterocycles. The summed E-state index contributed by atoms with van der Waals surface area (Å²) in [6, 6.07) is 7.80. The molecule has 0 bridgehead atoms. The van der Waals surface area contributed by atoms with Crippen molar-refractivity contribution in [1.82, 2.24) is 15.6 Å². The molecule has 0 fully saturated rings. The topological polar surface area (TPSA) is 71.1 Å². The minimum atomic E-state index is -0.209. The predicted octanol–water partition coefficient (Wildman–Crippen LogP) is 3.64. The second-order valence-corrected chi connectivity index (χ2v) is 9.23. The lowest BCUT2D eigenvalue weighted by Crippen LogP contribution is -2.37. The predicted molar refractivity (Wildman–Crippen MR) is 108 cm³/mol. The summed E-state index contributed by atoms with van der Waals surface area (Å²) in [6.07, 6.45) is 0.761. The minimum absolute atomic E-state index is 0.0103. The van der Waals surface area contributed by atoms with Crippen molar-refractivity contribution in [2.24, 2.45) is 0 Å². The first-order valence-electron chi connectivity index (χ1n) is 8.14. The molecule has 0 aliphatic heterocycles. The second kappa shape index (κ2) is 8.57. The van der Waals surface area contributed by atoms with Gasteiger partial charge in [-0.15, -0.1) is 34.0 Å². The first-order valence-corrected chi connectivity index (χ1v) is 10.6. The Balaban J connectivity index is 1.40. The number of hydrogen-bond donors (Lipinski definition) is 2. The zero-order chi connectivity index (χ0) is 18.5. The van der Waals surface area contributed by atoms with E-state index in [1.165, 1.54) is 16.2 Å². The van der Waals surface area contributed by atoms with Crippen molar-refractivity contribution in [1.29, 1.82) is 0 Å². The fraction of sp³-hybridized carbons (Fsp3) is 0.278. The zero-order valence-electron chi connectivity index (χ0n) is 14.5. The van der Waals surface area contributed by atoms with Crippen LogP contribution in [0.5, 0.6) is 0 Å². The van der Waals surface area contributed by atoms with Crippen LogP contribution in [0.25, 0.3) is 10.6 Å². The molecule has 0 unspecified atom stereocenters. The van der Waals surface area contributed by atoms with E-state index in [2.05, 4.69) is 33.1 Å². The highest BCUT2D eigenvalue weighted by molar-refractivity contribution is 7.16. The molecule has 0 saturated heterocycles. The van der Waals surface area contributed by atoms with Gasteiger partial charge in [0.1, 0.15) is 0 Å². The fourth-order valence-electron chi connectivity index (χ4n) is 2.32. The van der Waals surface area contributed by atoms with Gasteiger partial charge in [-0.3, -0.25) is 9.59 Å². The summed E-state index contributed by atoms with van der Waals surface area (Å²) in [5.74, 6) is -0.391. The van der Waals surface area contributed by atoms with E-state index in [4.69, 9.17) is 0 Å². The number of carbonyl (C=O) groups is 2. The number of nitrogens with one attached hydrogen (secondary N) is 2. The van der Waals surface area contributed by atoms with E-state index in [0.29, 0.717) is 11.4 Å². The molecule has 3 rings (SSSR count). The lowest BCUT2D eigenvalue weighted by molar-refractivity contribution is -0.120. The average Bonchev–Trinajstić information content (AvgIpc) is 3.34. The molecule has 2 amide bonds. The Kier molecular flexibility index (Phi) is 6.18. The molecule has 0 aliphatic rings. The molecule has 3 aromatic rings. The van der Waals surface area contributed by atoms with Crippen molar-refractivity contribution in [2.75, 3.05) is 13.1 Å². The van der Waals surface area contributed by atoms with E-state index in [-0.39, 0.29) is 18.4 Å². The van der Waals surface area contributed by atoms with Gasteiger partial charge in [0, 0.05) is 21.7 Å². The van der Waals surface area contributed by atoms with E-state index >= 15 is 0 Å². The molecule has 5 nitrogen and oxygen atoms in total. The molecule has 26 heavy (non-hydrogen) atoms. The van der Waals surface area contributed by atoms with Crippen LogP contribution in [0.15, 0.2) is 29.6 Å². The Morgan fingerprint density at radius 1 is 1.08 bits per heavy atom. The SMILES string of the molecule is Cc1ccc(C(=O)NCC(=O)NCCc2ccc(-c3csc(C)n3)s2)s1. The lowest BCUT2D eigenvalue weighted by atomic mass is 10.3. The molecule has 136 valence electrons. The van der Waals surface area contributed by atoms with Crippen LogP contribution in [0.3, 0.4) is 0 Å². The molecule has 0 saturated carbocycles. The normalized spacial score (nSPS) is 10.7. The third-order valence-electron chi connectivity index (χ3n) is 3.60. The average molecular weight is 406 g/mol. The van der Waals surface area contributed by atoms with Crippen molar-refractivity contribution in [3.63, 3.8) is 0 Å². The number of nitrogens with zero attached hydrogens (tertiary/aromatic N) is 1. The van der Waals surface area contributed by atoms with Crippen molar-refractivity contribution < 1.29 is 9.59 Å². The summed E-state index contributed by atoms with van der Waals surface area (Å²) < 4.78 is 0. The van der Waals surface area contributed by atoms with Crippen LogP contribution in [-0.4, -0.2) is 29.9 Å². The summed E-state index contributed by atoms with van der Waals surface area (Å²) in [4.78, 5) is 32.3. The summed E-state index contributed by atoms with van der Waals surface area (Å²) in [7, 11) is 0. The molecule has 2 N–H and O–H groups in total. The van der Waals surface area contributed by atoms with E-state index in [1.54, 1.807) is 28.7 Å². The van der Waals surface area contributed by atoms with E-state index in [1.807, 2.05) is 19.9 Å². The maximum atomic E-state index is 11.9. The van der Waals surface area contributed by atoms with Gasteiger partial charge in [-0.1, -0.05) is 0 Å². The summed E-state index contributed by atoms with van der Waals surface area (Å²) in [5.41, 5.74) is 1.01. The molecule has 0 aliphatic carbocycles. The number of aromatic nitrogens is 1. The minimum Gasteiger partial charge on any atom is -0.354 e. The van der Waals surface area contributed by atoms with E-state index < -0.39 is 0 Å². The molecule has 0 spiro atoms. The highest BCUT2D eigenvalue weighted by atomic mass is 32.1. The zero-order valence-corrected chi connectivity index (χ0v) is 16.9. The number of carbonyl (C=O) groups excluding carboxylic acids is 2. The molecule has 0 aromatic carbocycles. The van der Waals surface area contributed by atoms with Gasteiger partial charge in [-0.2, -0.15) is 0 Å². The molecular formula is C18H19N3O2S3. The summed E-state index contributed by atoms with van der Waals surface area (Å²) >= 11 is 4.75. The molecule has 0 atom stereocenters. The molecular weight excluding hydrogens is 386 g/mol. The highest BCUT2D eigenvalue weighted by Gasteiger charge is 2.10. The third kappa shape index (κ3) is 5.00. The van der Waals surface area contributed by atoms with Gasteiger partial charge in [0.15, 0.2) is 0 Å². The van der Waals surface area contributed by atoms with Crippen LogP contribution in [0.4, 0.5) is 0 Å². The smallest absolute Gasteiger partial charge is 0.261 e. The van der Waals surface area contributed by atoms with Crippen molar-refractivity contribution in [3.05, 3.63) is 49.3 Å². The van der Waals surface area contributed by atoms with E-state index in [9.17, 15) is 9.59 Å². The third-order valence-corrected chi connectivity index (χ3v) is 6.54. The standard InChI is InChI=1S/C18H19N3O2S3/c1-11-3-5-16(25-11)18(23)20-9-17(22)19-8-7-13-4-6-15(26-13)14-10-24-12(2)21-14/h3-6,10H,7-9H2,1-2H3,(H,19,22)(H,20,23). The Bertz CT molecular complexity index is 910. The Morgan fingerprint density at radius 2 is 1.92 bits per heavy atom. The second-order valence-electron chi connectivity index (χ2n) is 5.71. The van der Waals surface area contributed by atoms with Crippen LogP contribution in [0.1, 0.15) is 24.4 Å². The Hall–Kier alpha value is -2.03. The quantitative estimate of drug-likeness (QED) is 0.630. The largest absolute Gasteiger partial charge is 0.354 e. The van der Waals surface area contributed by atoms with Crippen LogP contribution in [0, 0.1) is 13.8 Å². The van der Waals surface area contributed by atoms with Crippen molar-refractivity contribution >= 4 is 45.8 Å². The van der Waals surface area contributed by atoms with Crippen LogP contribution >= 0.6 is 34.0 Å². The number of amides is 2. The van der Waals surface area contributed by atoms with Gasteiger partial charge >= 0.3 is 0 Å². The highest BCUT2D eigenvalue weighted by Crippen LogP contribution is 2.29. The molecule has 3 aromatic heterocycles. The van der Waals surface area contributed by atoms with Gasteiger partial charge in [0.25, 0.3) is 5.91 Å². The Morgan fingerprint density at radius 3 is 2.62 bits per heavy atom. The van der Waals surface area contributed by atoms with Crippen LogP contribution in [0.2, 0.25) is 0 Å². The number of aryl methyl sites for hydroxylation is 2. The van der Waals surface area contributed by atoms with Gasteiger partial charge < -0.3 is 10.6 Å². The maximum absolute atomic E-state index is 11.9. The van der Waals surface area contributed by atoms with Gasteiger partial charge in [-0.25, -0.2) is 4.98 Å². The molecule has 0 radical (unpaired) electrons. The summed E-state index contributed by atoms with van der Waals surface area (Å²) in [5, 5.41) is 8.60. The van der Waals surface area contributed by atoms with Gasteiger partial charge in [-0.05, 0) is 44.5 Å². The first-order chi connectivity index (χ1) is 12.5. The maximum Gasteiger partial charge on any atom is 0.261 e. The molecule has 8 heteroatoms. The number of thiazole rings is 1. The van der Waals surface area contributed by atoms with Crippen LogP contribution < -0.4 is 10.6 Å². The monoisotopic (exact) mass is 405 g/mol. The van der Waals surface area contributed by atoms with Crippen LogP contribution in [-0.2, 0) is 11.2 Å². The lowest BCUT2D eigenvalue weighted by Gasteiger charge is -2.05. The number of rotatable bonds is 7. The van der Waals surface area contributed by atoms with Crippen molar-refractivity contribution in [2.45, 2.75) is 20.3 Å². The van der Waals surface area contributed by atoms with Gasteiger partial charge in [0.2, 0.25) is 5.91 Å². The van der Waals surface area contributed by atoms with E-state index in [0.717, 1.165) is 26.9 Å². The van der Waals surface area contributed by atoms with Crippen molar-refractivity contribution in [3.8, 4) is 10.6 Å². The van der Waals surface area contributed by atoms with Gasteiger partial charge in [0.05, 0.1) is 27.0 Å². The number of thiophene rings is 2. The Labute approximate surface area is 164 Å². The summed E-state index contributed by atoms with van der Waals surface area (Å²) in [6.45, 7) is 4.47.